The first-order chi connectivity index (χ1) is 14.9. The zero-order valence-corrected chi connectivity index (χ0v) is 19.6. The van der Waals surface area contributed by atoms with Crippen LogP contribution in [0, 0.1) is 17.3 Å². The van der Waals surface area contributed by atoms with E-state index in [1.165, 1.54) is 16.7 Å². The third-order valence-electron chi connectivity index (χ3n) is 4.55. The summed E-state index contributed by atoms with van der Waals surface area (Å²) in [6, 6.07) is 15.0. The third kappa shape index (κ3) is 8.02. The van der Waals surface area contributed by atoms with Crippen molar-refractivity contribution in [1.82, 2.24) is 9.88 Å². The van der Waals surface area contributed by atoms with Gasteiger partial charge < -0.3 is 0 Å². The first-order valence-corrected chi connectivity index (χ1v) is 11.5. The zero-order valence-electron chi connectivity index (χ0n) is 18.8. The number of nitrogens with zero attached hydrogens (tertiary/aromatic N) is 2. The monoisotopic (exact) mass is 426 g/mol. The van der Waals surface area contributed by atoms with Gasteiger partial charge in [-0.25, -0.2) is 0 Å². The summed E-state index contributed by atoms with van der Waals surface area (Å²) in [7, 11) is 2.10. The second-order valence-electron chi connectivity index (χ2n) is 8.67. The van der Waals surface area contributed by atoms with Crippen LogP contribution in [0.15, 0.2) is 71.6 Å². The molecule has 158 valence electrons. The van der Waals surface area contributed by atoms with E-state index >= 15 is 0 Å². The fourth-order valence-corrected chi connectivity index (χ4v) is 3.69. The number of rotatable bonds is 7. The Hall–Kier alpha value is -2.93. The number of thiophene rings is 1. The molecule has 3 aromatic rings. The molecule has 2 heterocycles. The van der Waals surface area contributed by atoms with Crippen LogP contribution in [-0.4, -0.2) is 23.5 Å². The highest BCUT2D eigenvalue weighted by atomic mass is 32.1. The topological polar surface area (TPSA) is 16.1 Å². The molecule has 0 radical (unpaired) electrons. The largest absolute Gasteiger partial charge is 0.297 e. The van der Waals surface area contributed by atoms with Gasteiger partial charge in [-0.3, -0.25) is 9.88 Å². The molecule has 0 atom stereocenters. The van der Waals surface area contributed by atoms with Crippen LogP contribution >= 0.6 is 11.3 Å². The van der Waals surface area contributed by atoms with E-state index in [1.54, 1.807) is 11.3 Å². The van der Waals surface area contributed by atoms with Crippen LogP contribution in [0.25, 0.3) is 23.3 Å². The Morgan fingerprint density at radius 2 is 1.84 bits per heavy atom. The van der Waals surface area contributed by atoms with Crippen LogP contribution in [0.2, 0.25) is 0 Å². The van der Waals surface area contributed by atoms with Crippen molar-refractivity contribution in [2.45, 2.75) is 27.3 Å². The molecule has 31 heavy (non-hydrogen) atoms. The molecule has 0 unspecified atom stereocenters. The Bertz CT molecular complexity index is 1090. The molecule has 0 saturated heterocycles. The quantitative estimate of drug-likeness (QED) is 0.377. The maximum absolute atomic E-state index is 4.53. The van der Waals surface area contributed by atoms with Gasteiger partial charge in [-0.2, -0.15) is 11.3 Å². The maximum Gasteiger partial charge on any atom is 0.0549 e. The van der Waals surface area contributed by atoms with Gasteiger partial charge in [0.2, 0.25) is 0 Å². The minimum atomic E-state index is 0.0410. The first kappa shape index (κ1) is 22.7. The lowest BCUT2D eigenvalue weighted by atomic mass is 9.98. The minimum absolute atomic E-state index is 0.0410. The molecule has 0 aliphatic carbocycles. The molecule has 2 nitrogen and oxygen atoms in total. The van der Waals surface area contributed by atoms with Gasteiger partial charge in [-0.15, -0.1) is 0 Å². The van der Waals surface area contributed by atoms with Gasteiger partial charge in [0.1, 0.15) is 0 Å². The summed E-state index contributed by atoms with van der Waals surface area (Å²) in [6.45, 7) is 8.00. The van der Waals surface area contributed by atoms with Crippen molar-refractivity contribution >= 4 is 23.5 Å². The standard InChI is InChI=1S/C28H30N2S/c1-28(2,3)15-6-5-7-17-30(4)21-27-20-24(13-16-29-27)12-11-23-9-8-10-25(19-23)26-14-18-31-22-26/h5,7-14,16,18-20,22H,17,21H2,1-4H3/b7-5+,12-11+. The summed E-state index contributed by atoms with van der Waals surface area (Å²) in [5, 5.41) is 4.29. The van der Waals surface area contributed by atoms with Gasteiger partial charge in [0.15, 0.2) is 0 Å². The van der Waals surface area contributed by atoms with Crippen molar-refractivity contribution in [1.29, 1.82) is 0 Å². The van der Waals surface area contributed by atoms with Crippen LogP contribution in [0.5, 0.6) is 0 Å². The Morgan fingerprint density at radius 3 is 2.58 bits per heavy atom. The molecular weight excluding hydrogens is 396 g/mol. The van der Waals surface area contributed by atoms with Crippen LogP contribution in [0.3, 0.4) is 0 Å². The lowest BCUT2D eigenvalue weighted by molar-refractivity contribution is 0.358. The van der Waals surface area contributed by atoms with E-state index in [2.05, 4.69) is 115 Å². The van der Waals surface area contributed by atoms with Gasteiger partial charge in [-0.05, 0) is 91.2 Å². The van der Waals surface area contributed by atoms with Crippen molar-refractivity contribution in [3.05, 3.63) is 88.4 Å². The van der Waals surface area contributed by atoms with Gasteiger partial charge in [0, 0.05) is 24.7 Å². The highest BCUT2D eigenvalue weighted by molar-refractivity contribution is 7.08. The van der Waals surface area contributed by atoms with Crippen molar-refractivity contribution in [2.24, 2.45) is 5.41 Å². The first-order valence-electron chi connectivity index (χ1n) is 10.5. The van der Waals surface area contributed by atoms with E-state index in [0.29, 0.717) is 0 Å². The molecular formula is C28H30N2S. The maximum atomic E-state index is 4.53. The van der Waals surface area contributed by atoms with E-state index in [9.17, 15) is 0 Å². The molecule has 0 amide bonds. The average molecular weight is 427 g/mol. The fraction of sp³-hybridized carbons (Fsp3) is 0.250. The van der Waals surface area contributed by atoms with Gasteiger partial charge in [0.05, 0.1) is 5.69 Å². The van der Waals surface area contributed by atoms with Crippen molar-refractivity contribution in [3.8, 4) is 23.0 Å². The minimum Gasteiger partial charge on any atom is -0.297 e. The molecule has 0 aliphatic heterocycles. The number of pyridine rings is 1. The Morgan fingerprint density at radius 1 is 1.03 bits per heavy atom. The highest BCUT2D eigenvalue weighted by Crippen LogP contribution is 2.23. The zero-order chi connectivity index (χ0) is 22.1. The summed E-state index contributed by atoms with van der Waals surface area (Å²) in [5.41, 5.74) is 5.98. The molecule has 0 fully saturated rings. The number of aromatic nitrogens is 1. The molecule has 3 heteroatoms. The number of hydrogen-bond donors (Lipinski definition) is 0. The lowest BCUT2D eigenvalue weighted by Gasteiger charge is -2.13. The SMILES string of the molecule is CN(C/C=C/C#CC(C)(C)C)Cc1cc(/C=C/c2cccc(-c3ccsc3)c2)ccn1. The molecule has 2 aromatic heterocycles. The van der Waals surface area contributed by atoms with Crippen molar-refractivity contribution in [3.63, 3.8) is 0 Å². The predicted molar refractivity (Wildman–Crippen MR) is 136 cm³/mol. The second-order valence-corrected chi connectivity index (χ2v) is 9.45. The Kier molecular flexibility index (Phi) is 8.00. The van der Waals surface area contributed by atoms with Crippen LogP contribution in [0.1, 0.15) is 37.6 Å². The number of likely N-dealkylation sites (N-methyl/N-ethyl adjacent to an activating group) is 1. The molecule has 0 bridgehead atoms. The second kappa shape index (κ2) is 10.9. The van der Waals surface area contributed by atoms with Gasteiger partial charge >= 0.3 is 0 Å². The van der Waals surface area contributed by atoms with Crippen molar-refractivity contribution in [2.75, 3.05) is 13.6 Å². The normalized spacial score (nSPS) is 11.9. The van der Waals surface area contributed by atoms with E-state index < -0.39 is 0 Å². The Labute approximate surface area is 191 Å². The molecule has 1 aromatic carbocycles. The smallest absolute Gasteiger partial charge is 0.0549 e. The summed E-state index contributed by atoms with van der Waals surface area (Å²) >= 11 is 1.73. The third-order valence-corrected chi connectivity index (χ3v) is 5.23. The van der Waals surface area contributed by atoms with Gasteiger partial charge in [0.25, 0.3) is 0 Å². The van der Waals surface area contributed by atoms with Crippen LogP contribution in [0.4, 0.5) is 0 Å². The van der Waals surface area contributed by atoms with Gasteiger partial charge in [-0.1, -0.05) is 48.3 Å². The summed E-state index contributed by atoms with van der Waals surface area (Å²) in [5.74, 6) is 6.33. The van der Waals surface area contributed by atoms with E-state index in [0.717, 1.165) is 24.3 Å². The number of hydrogen-bond acceptors (Lipinski definition) is 3. The highest BCUT2D eigenvalue weighted by Gasteiger charge is 2.03. The number of benzene rings is 1. The van der Waals surface area contributed by atoms with Crippen LogP contribution in [-0.2, 0) is 6.54 Å². The molecule has 0 aliphatic rings. The number of allylic oxidation sites excluding steroid dienone is 1. The predicted octanol–water partition coefficient (Wildman–Crippen LogP) is 7.02. The summed E-state index contributed by atoms with van der Waals surface area (Å²) in [4.78, 5) is 6.76. The van der Waals surface area contributed by atoms with E-state index in [4.69, 9.17) is 0 Å². The molecule has 3 rings (SSSR count). The fourth-order valence-electron chi connectivity index (χ4n) is 3.02. The lowest BCUT2D eigenvalue weighted by Crippen LogP contribution is -2.18. The molecule has 0 saturated carbocycles. The summed E-state index contributed by atoms with van der Waals surface area (Å²) < 4.78 is 0. The van der Waals surface area contributed by atoms with Crippen molar-refractivity contribution < 1.29 is 0 Å². The molecule has 0 spiro atoms. The van der Waals surface area contributed by atoms with E-state index in [-0.39, 0.29) is 5.41 Å². The summed E-state index contributed by atoms with van der Waals surface area (Å²) in [6.07, 6.45) is 10.2. The molecule has 0 N–H and O–H groups in total. The Balaban J connectivity index is 1.59. The average Bonchev–Trinajstić information content (AvgIpc) is 3.27. The van der Waals surface area contributed by atoms with Crippen LogP contribution < -0.4 is 0 Å². The van der Waals surface area contributed by atoms with E-state index in [1.807, 2.05) is 18.3 Å².